The van der Waals surface area contributed by atoms with Crippen LogP contribution in [-0.4, -0.2) is 60.9 Å². The summed E-state index contributed by atoms with van der Waals surface area (Å²) in [7, 11) is 0. The zero-order valence-electron chi connectivity index (χ0n) is 20.8. The van der Waals surface area contributed by atoms with Gasteiger partial charge in [0.15, 0.2) is 0 Å². The van der Waals surface area contributed by atoms with Crippen molar-refractivity contribution in [1.82, 2.24) is 9.80 Å². The zero-order valence-corrected chi connectivity index (χ0v) is 22.4. The Balaban J connectivity index is 1.83. The highest BCUT2D eigenvalue weighted by molar-refractivity contribution is 9.10. The Hall–Kier alpha value is -2.82. The number of rotatable bonds is 8. The molecular weight excluding hydrogens is 532 g/mol. The number of benzene rings is 2. The molecule has 2 aromatic rings. The summed E-state index contributed by atoms with van der Waals surface area (Å²) in [4.78, 5) is 28.1. The van der Waals surface area contributed by atoms with Crippen LogP contribution in [0.1, 0.15) is 37.9 Å². The predicted octanol–water partition coefficient (Wildman–Crippen LogP) is 4.63. The predicted molar refractivity (Wildman–Crippen MR) is 142 cm³/mol. The van der Waals surface area contributed by atoms with Crippen molar-refractivity contribution in [3.8, 4) is 0 Å². The van der Waals surface area contributed by atoms with Gasteiger partial charge >= 0.3 is 0 Å². The Bertz CT molecular complexity index is 1130. The van der Waals surface area contributed by atoms with Crippen LogP contribution in [0.3, 0.4) is 0 Å². The zero-order chi connectivity index (χ0) is 26.4. The fraction of sp³-hybridized carbons (Fsp3) is 0.385. The smallest absolute Gasteiger partial charge is 0.245 e. The van der Waals surface area contributed by atoms with Gasteiger partial charge in [-0.05, 0) is 62.7 Å². The summed E-state index contributed by atoms with van der Waals surface area (Å²) < 4.78 is 29.9. The molecule has 1 amide bonds. The maximum Gasteiger partial charge on any atom is 0.245 e. The molecule has 3 rings (SSSR count). The average Bonchev–Trinajstić information content (AvgIpc) is 2.86. The number of hydrogen-bond acceptors (Lipinski definition) is 6. The number of aliphatic imine (C=N–C) groups is 1. The summed E-state index contributed by atoms with van der Waals surface area (Å²) in [6, 6.07) is 8.42. The van der Waals surface area contributed by atoms with E-state index in [1.165, 1.54) is 18.2 Å². The number of amides is 1. The number of carbonyl (C=O) groups is 1. The molecular formula is C26H32BrF2N5O2. The molecule has 2 aromatic carbocycles. The quantitative estimate of drug-likeness (QED) is 0.288. The van der Waals surface area contributed by atoms with Crippen molar-refractivity contribution in [1.29, 1.82) is 0 Å². The third kappa shape index (κ3) is 6.29. The fourth-order valence-corrected chi connectivity index (χ4v) is 4.83. The second kappa shape index (κ2) is 12.4. The van der Waals surface area contributed by atoms with Gasteiger partial charge in [-0.25, -0.2) is 13.8 Å². The number of likely N-dealkylation sites (N-methyl/N-ethyl adjacent to an activating group) is 1. The lowest BCUT2D eigenvalue weighted by atomic mass is 10.0. The van der Waals surface area contributed by atoms with E-state index in [0.717, 1.165) is 0 Å². The topological polar surface area (TPSA) is 74.4 Å². The minimum atomic E-state index is -0.646. The highest BCUT2D eigenvalue weighted by Gasteiger charge is 2.34. The summed E-state index contributed by atoms with van der Waals surface area (Å²) in [5.74, 6) is 4.46. The van der Waals surface area contributed by atoms with Gasteiger partial charge in [-0.2, -0.15) is 5.90 Å². The molecule has 1 saturated heterocycles. The molecule has 1 heterocycles. The number of nitrogens with two attached hydrogens (primary N) is 1. The first-order valence-electron chi connectivity index (χ1n) is 11.8. The van der Waals surface area contributed by atoms with Gasteiger partial charge in [-0.15, -0.1) is 0 Å². The van der Waals surface area contributed by atoms with Crippen LogP contribution in [0.5, 0.6) is 0 Å². The molecule has 0 aromatic heterocycles. The third-order valence-corrected chi connectivity index (χ3v) is 6.90. The van der Waals surface area contributed by atoms with Gasteiger partial charge in [0.05, 0.1) is 5.69 Å². The number of allylic oxidation sites excluding steroid dienone is 1. The summed E-state index contributed by atoms with van der Waals surface area (Å²) in [5, 5.41) is 0. The third-order valence-electron chi connectivity index (χ3n) is 6.18. The molecule has 1 fully saturated rings. The van der Waals surface area contributed by atoms with Crippen molar-refractivity contribution in [2.24, 2.45) is 10.9 Å². The summed E-state index contributed by atoms with van der Waals surface area (Å²) in [5.41, 5.74) is 1.90. The van der Waals surface area contributed by atoms with Gasteiger partial charge in [0.2, 0.25) is 11.8 Å². The molecule has 0 radical (unpaired) electrons. The average molecular weight is 564 g/mol. The van der Waals surface area contributed by atoms with E-state index in [1.54, 1.807) is 30.0 Å². The summed E-state index contributed by atoms with van der Waals surface area (Å²) in [6.45, 7) is 12.3. The van der Waals surface area contributed by atoms with E-state index in [0.29, 0.717) is 66.3 Å². The van der Waals surface area contributed by atoms with Gasteiger partial charge in [0.25, 0.3) is 0 Å². The van der Waals surface area contributed by atoms with E-state index in [9.17, 15) is 9.18 Å². The lowest BCUT2D eigenvalue weighted by molar-refractivity contribution is -0.137. The van der Waals surface area contributed by atoms with E-state index in [4.69, 9.17) is 10.7 Å². The first-order chi connectivity index (χ1) is 17.2. The van der Waals surface area contributed by atoms with Crippen molar-refractivity contribution in [2.75, 3.05) is 44.2 Å². The molecule has 0 aliphatic carbocycles. The highest BCUT2D eigenvalue weighted by atomic mass is 79.9. The first-order valence-corrected chi connectivity index (χ1v) is 12.6. The normalized spacial score (nSPS) is 15.5. The van der Waals surface area contributed by atoms with E-state index in [2.05, 4.69) is 27.5 Å². The maximum absolute atomic E-state index is 15.1. The molecule has 1 unspecified atom stereocenters. The van der Waals surface area contributed by atoms with Crippen LogP contribution in [0, 0.1) is 11.6 Å². The minimum Gasteiger partial charge on any atom is -0.391 e. The number of anilines is 1. The number of halogens is 3. The second-order valence-electron chi connectivity index (χ2n) is 8.54. The SMILES string of the molecule is C=C(C)N=C(ON)c1ccc(N2CCN(C(C(=O)N(CC)CC)c3cc(F)ccc3Br)CC2)c(F)c1. The van der Waals surface area contributed by atoms with Crippen LogP contribution in [0.2, 0.25) is 0 Å². The lowest BCUT2D eigenvalue weighted by Crippen LogP contribution is -2.52. The monoisotopic (exact) mass is 563 g/mol. The number of hydrogen-bond donors (Lipinski definition) is 1. The summed E-state index contributed by atoms with van der Waals surface area (Å²) in [6.07, 6.45) is 0. The minimum absolute atomic E-state index is 0.0798. The van der Waals surface area contributed by atoms with Crippen molar-refractivity contribution < 1.29 is 18.4 Å². The Kier molecular flexibility index (Phi) is 9.58. The van der Waals surface area contributed by atoms with E-state index < -0.39 is 17.7 Å². The van der Waals surface area contributed by atoms with E-state index >= 15 is 4.39 Å². The second-order valence-corrected chi connectivity index (χ2v) is 9.39. The Morgan fingerprint density at radius 1 is 1.17 bits per heavy atom. The highest BCUT2D eigenvalue weighted by Crippen LogP contribution is 2.32. The first kappa shape index (κ1) is 27.8. The largest absolute Gasteiger partial charge is 0.391 e. The van der Waals surface area contributed by atoms with Gasteiger partial charge in [-0.3, -0.25) is 9.69 Å². The molecule has 10 heteroatoms. The van der Waals surface area contributed by atoms with E-state index in [-0.39, 0.29) is 11.8 Å². The van der Waals surface area contributed by atoms with Crippen LogP contribution < -0.4 is 10.8 Å². The molecule has 7 nitrogen and oxygen atoms in total. The van der Waals surface area contributed by atoms with Gasteiger partial charge < -0.3 is 14.6 Å². The van der Waals surface area contributed by atoms with E-state index in [1.807, 2.05) is 23.6 Å². The Morgan fingerprint density at radius 2 is 1.83 bits per heavy atom. The number of piperazine rings is 1. The number of nitrogens with zero attached hydrogens (tertiary/aromatic N) is 4. The number of carbonyl (C=O) groups excluding carboxylic acids is 1. The Morgan fingerprint density at radius 3 is 2.39 bits per heavy atom. The summed E-state index contributed by atoms with van der Waals surface area (Å²) >= 11 is 3.50. The van der Waals surface area contributed by atoms with Crippen LogP contribution >= 0.6 is 15.9 Å². The Labute approximate surface area is 219 Å². The molecule has 0 spiro atoms. The molecule has 1 aliphatic heterocycles. The van der Waals surface area contributed by atoms with Crippen LogP contribution in [-0.2, 0) is 9.63 Å². The van der Waals surface area contributed by atoms with Crippen molar-refractivity contribution in [2.45, 2.75) is 26.8 Å². The van der Waals surface area contributed by atoms with Crippen molar-refractivity contribution >= 4 is 33.4 Å². The molecule has 1 atom stereocenters. The standard InChI is InChI=1S/C26H32BrF2N5O2/c1-5-32(6-2)26(35)24(20-16-19(28)8-9-21(20)27)34-13-11-33(12-14-34)23-10-7-18(15-22(23)29)25(36-30)31-17(3)4/h7-10,15-16,24H,3,5-6,11-14,30H2,1-2,4H3. The van der Waals surface area contributed by atoms with Crippen LogP contribution in [0.4, 0.5) is 14.5 Å². The lowest BCUT2D eigenvalue weighted by Gasteiger charge is -2.41. The van der Waals surface area contributed by atoms with Gasteiger partial charge in [0, 0.05) is 55.0 Å². The van der Waals surface area contributed by atoms with Crippen LogP contribution in [0.25, 0.3) is 0 Å². The fourth-order valence-electron chi connectivity index (χ4n) is 4.37. The molecule has 2 N–H and O–H groups in total. The van der Waals surface area contributed by atoms with Gasteiger partial charge in [-0.1, -0.05) is 22.5 Å². The molecule has 36 heavy (non-hydrogen) atoms. The van der Waals surface area contributed by atoms with Crippen molar-refractivity contribution in [3.05, 3.63) is 75.9 Å². The molecule has 0 bridgehead atoms. The van der Waals surface area contributed by atoms with Crippen molar-refractivity contribution in [3.63, 3.8) is 0 Å². The molecule has 0 saturated carbocycles. The maximum atomic E-state index is 15.1. The molecule has 194 valence electrons. The van der Waals surface area contributed by atoms with Gasteiger partial charge in [0.1, 0.15) is 17.7 Å². The van der Waals surface area contributed by atoms with Crippen LogP contribution in [0.15, 0.2) is 58.1 Å². The molecule has 1 aliphatic rings.